The number of aromatic nitrogens is 1. The minimum atomic E-state index is 0.743. The molecule has 1 aromatic rings. The first-order valence-corrected chi connectivity index (χ1v) is 6.37. The number of halogens is 1. The molecule has 0 aromatic carbocycles. The van der Waals surface area contributed by atoms with Gasteiger partial charge >= 0.3 is 0 Å². The highest BCUT2D eigenvalue weighted by molar-refractivity contribution is 7.09. The number of thiazole rings is 1. The summed E-state index contributed by atoms with van der Waals surface area (Å²) in [5.74, 6) is 0.743. The van der Waals surface area contributed by atoms with Crippen molar-refractivity contribution in [3.05, 3.63) is 16.1 Å². The van der Waals surface area contributed by atoms with E-state index in [2.05, 4.69) is 22.2 Å². The highest BCUT2D eigenvalue weighted by Gasteiger charge is 2.05. The van der Waals surface area contributed by atoms with Crippen LogP contribution in [0.2, 0.25) is 0 Å². The summed E-state index contributed by atoms with van der Waals surface area (Å²) < 4.78 is 0. The first-order chi connectivity index (χ1) is 6.76. The summed E-state index contributed by atoms with van der Waals surface area (Å²) in [6.45, 7) is 7.31. The third-order valence-corrected chi connectivity index (χ3v) is 3.30. The van der Waals surface area contributed by atoms with Crippen molar-refractivity contribution in [2.45, 2.75) is 26.8 Å². The minimum absolute atomic E-state index is 0.743. The summed E-state index contributed by atoms with van der Waals surface area (Å²) in [5, 5.41) is 3.31. The van der Waals surface area contributed by atoms with Crippen molar-refractivity contribution in [2.24, 2.45) is 0 Å². The third-order valence-electron chi connectivity index (χ3n) is 2.08. The van der Waals surface area contributed by atoms with Gasteiger partial charge in [0.05, 0.1) is 6.54 Å². The fourth-order valence-electron chi connectivity index (χ4n) is 1.30. The van der Waals surface area contributed by atoms with Crippen molar-refractivity contribution in [2.75, 3.05) is 19.0 Å². The molecule has 0 amide bonds. The fourth-order valence-corrected chi connectivity index (χ4v) is 2.23. The van der Waals surface area contributed by atoms with Gasteiger partial charge in [0.1, 0.15) is 5.01 Å². The molecule has 0 spiro atoms. The highest BCUT2D eigenvalue weighted by Crippen LogP contribution is 2.11. The minimum Gasteiger partial charge on any atom is -0.297 e. The number of alkyl halides is 1. The van der Waals surface area contributed by atoms with Crippen LogP contribution in [0.15, 0.2) is 5.38 Å². The van der Waals surface area contributed by atoms with E-state index in [1.165, 1.54) is 5.01 Å². The molecule has 0 N–H and O–H groups in total. The Morgan fingerprint density at radius 1 is 1.57 bits per heavy atom. The molecule has 14 heavy (non-hydrogen) atoms. The highest BCUT2D eigenvalue weighted by atomic mass is 35.5. The maximum Gasteiger partial charge on any atom is 0.107 e. The van der Waals surface area contributed by atoms with Crippen LogP contribution in [-0.4, -0.2) is 28.9 Å². The van der Waals surface area contributed by atoms with E-state index < -0.39 is 0 Å². The van der Waals surface area contributed by atoms with E-state index in [9.17, 15) is 0 Å². The van der Waals surface area contributed by atoms with E-state index in [0.717, 1.165) is 37.6 Å². The van der Waals surface area contributed by atoms with Gasteiger partial charge in [0.25, 0.3) is 0 Å². The number of hydrogen-bond donors (Lipinski definition) is 0. The van der Waals surface area contributed by atoms with Crippen molar-refractivity contribution >= 4 is 22.9 Å². The van der Waals surface area contributed by atoms with E-state index in [1.54, 1.807) is 11.3 Å². The number of nitrogens with zero attached hydrogens (tertiary/aromatic N) is 2. The standard InChI is InChI=1S/C10H17ClN2S/c1-3-13(6-4-5-11)7-10-12-9(2)8-14-10/h8H,3-7H2,1-2H3. The molecule has 0 aliphatic heterocycles. The van der Waals surface area contributed by atoms with Gasteiger partial charge in [-0.15, -0.1) is 22.9 Å². The van der Waals surface area contributed by atoms with Gasteiger partial charge in [-0.25, -0.2) is 4.98 Å². The zero-order valence-electron chi connectivity index (χ0n) is 8.79. The summed E-state index contributed by atoms with van der Waals surface area (Å²) in [5.41, 5.74) is 1.12. The van der Waals surface area contributed by atoms with E-state index >= 15 is 0 Å². The average Bonchev–Trinajstić information content (AvgIpc) is 2.58. The smallest absolute Gasteiger partial charge is 0.107 e. The molecule has 0 atom stereocenters. The topological polar surface area (TPSA) is 16.1 Å². The zero-order valence-corrected chi connectivity index (χ0v) is 10.4. The lowest BCUT2D eigenvalue weighted by molar-refractivity contribution is 0.281. The SMILES string of the molecule is CCN(CCCCl)Cc1nc(C)cs1. The molecule has 4 heteroatoms. The zero-order chi connectivity index (χ0) is 10.4. The Hall–Kier alpha value is -0.120. The molecule has 0 radical (unpaired) electrons. The van der Waals surface area contributed by atoms with E-state index in [1.807, 2.05) is 6.92 Å². The second-order valence-corrected chi connectivity index (χ2v) is 4.61. The molecule has 0 saturated heterocycles. The quantitative estimate of drug-likeness (QED) is 0.702. The average molecular weight is 233 g/mol. The Morgan fingerprint density at radius 3 is 2.86 bits per heavy atom. The molecular formula is C10H17ClN2S. The van der Waals surface area contributed by atoms with Gasteiger partial charge in [0.15, 0.2) is 0 Å². The Morgan fingerprint density at radius 2 is 2.36 bits per heavy atom. The van der Waals surface area contributed by atoms with E-state index in [4.69, 9.17) is 11.6 Å². The van der Waals surface area contributed by atoms with Crippen LogP contribution >= 0.6 is 22.9 Å². The van der Waals surface area contributed by atoms with E-state index in [0.29, 0.717) is 0 Å². The van der Waals surface area contributed by atoms with Gasteiger partial charge in [-0.1, -0.05) is 6.92 Å². The van der Waals surface area contributed by atoms with Gasteiger partial charge in [-0.3, -0.25) is 4.90 Å². The van der Waals surface area contributed by atoms with Crippen LogP contribution in [0.3, 0.4) is 0 Å². The molecule has 0 aliphatic carbocycles. The molecule has 80 valence electrons. The predicted octanol–water partition coefficient (Wildman–Crippen LogP) is 2.90. The molecule has 1 heterocycles. The summed E-state index contributed by atoms with van der Waals surface area (Å²) in [6, 6.07) is 0. The Labute approximate surface area is 94.9 Å². The predicted molar refractivity (Wildman–Crippen MR) is 63.1 cm³/mol. The summed E-state index contributed by atoms with van der Waals surface area (Å²) in [6.07, 6.45) is 1.06. The van der Waals surface area contributed by atoms with Crippen LogP contribution in [0.1, 0.15) is 24.0 Å². The van der Waals surface area contributed by atoms with E-state index in [-0.39, 0.29) is 0 Å². The largest absolute Gasteiger partial charge is 0.297 e. The Balaban J connectivity index is 2.40. The first kappa shape index (κ1) is 12.0. The van der Waals surface area contributed by atoms with Crippen LogP contribution in [0.4, 0.5) is 0 Å². The second-order valence-electron chi connectivity index (χ2n) is 3.29. The first-order valence-electron chi connectivity index (χ1n) is 4.95. The molecular weight excluding hydrogens is 216 g/mol. The number of hydrogen-bond acceptors (Lipinski definition) is 3. The third kappa shape index (κ3) is 3.95. The number of aryl methyl sites for hydroxylation is 1. The molecule has 0 bridgehead atoms. The van der Waals surface area contributed by atoms with Gasteiger partial charge in [-0.2, -0.15) is 0 Å². The van der Waals surface area contributed by atoms with Gasteiger partial charge < -0.3 is 0 Å². The van der Waals surface area contributed by atoms with Crippen molar-refractivity contribution < 1.29 is 0 Å². The molecule has 0 saturated carbocycles. The van der Waals surface area contributed by atoms with Crippen LogP contribution in [0, 0.1) is 6.92 Å². The fraction of sp³-hybridized carbons (Fsp3) is 0.700. The van der Waals surface area contributed by atoms with Crippen molar-refractivity contribution in [1.29, 1.82) is 0 Å². The molecule has 1 rings (SSSR count). The molecule has 0 fully saturated rings. The van der Waals surface area contributed by atoms with Crippen molar-refractivity contribution in [1.82, 2.24) is 9.88 Å². The van der Waals surface area contributed by atoms with Crippen LogP contribution < -0.4 is 0 Å². The number of rotatable bonds is 6. The van der Waals surface area contributed by atoms with Crippen molar-refractivity contribution in [3.8, 4) is 0 Å². The van der Waals surface area contributed by atoms with Crippen LogP contribution in [0.5, 0.6) is 0 Å². The van der Waals surface area contributed by atoms with Crippen LogP contribution in [0.25, 0.3) is 0 Å². The van der Waals surface area contributed by atoms with Gasteiger partial charge in [-0.05, 0) is 26.4 Å². The summed E-state index contributed by atoms with van der Waals surface area (Å²) in [4.78, 5) is 6.83. The molecule has 0 unspecified atom stereocenters. The lowest BCUT2D eigenvalue weighted by atomic mass is 10.4. The van der Waals surface area contributed by atoms with Gasteiger partial charge in [0, 0.05) is 17.0 Å². The van der Waals surface area contributed by atoms with Crippen LogP contribution in [-0.2, 0) is 6.54 Å². The Bertz CT molecular complexity index is 262. The summed E-state index contributed by atoms with van der Waals surface area (Å²) in [7, 11) is 0. The Kier molecular flexibility index (Phi) is 5.45. The summed E-state index contributed by atoms with van der Waals surface area (Å²) >= 11 is 7.41. The molecule has 0 aliphatic rings. The normalized spacial score (nSPS) is 11.1. The second kappa shape index (κ2) is 6.38. The van der Waals surface area contributed by atoms with Crippen molar-refractivity contribution in [3.63, 3.8) is 0 Å². The maximum absolute atomic E-state index is 5.67. The van der Waals surface area contributed by atoms with Gasteiger partial charge in [0.2, 0.25) is 0 Å². The molecule has 1 aromatic heterocycles. The maximum atomic E-state index is 5.67. The molecule has 2 nitrogen and oxygen atoms in total. The monoisotopic (exact) mass is 232 g/mol. The lowest BCUT2D eigenvalue weighted by Gasteiger charge is -2.17. The lowest BCUT2D eigenvalue weighted by Crippen LogP contribution is -2.24.